The molecule has 0 spiro atoms. The number of carbonyl (C=O) groups excluding carboxylic acids is 1. The van der Waals surface area contributed by atoms with Crippen LogP contribution in [0.3, 0.4) is 0 Å². The molecule has 2 rings (SSSR count). The Kier molecular flexibility index (Phi) is 4.94. The predicted molar refractivity (Wildman–Crippen MR) is 81.7 cm³/mol. The van der Waals surface area contributed by atoms with Crippen molar-refractivity contribution in [3.8, 4) is 5.75 Å². The zero-order chi connectivity index (χ0) is 15.2. The van der Waals surface area contributed by atoms with Gasteiger partial charge in [0.2, 0.25) is 0 Å². The van der Waals surface area contributed by atoms with E-state index < -0.39 is 5.97 Å². The molecule has 6 heteroatoms. The Labute approximate surface area is 129 Å². The van der Waals surface area contributed by atoms with Gasteiger partial charge in [0.15, 0.2) is 6.61 Å². The number of anilines is 1. The number of carboxylic acid groups (broad SMARTS) is 1. The molecule has 0 aliphatic carbocycles. The lowest BCUT2D eigenvalue weighted by Gasteiger charge is -2.08. The van der Waals surface area contributed by atoms with Gasteiger partial charge in [-0.2, -0.15) is 0 Å². The van der Waals surface area contributed by atoms with E-state index in [4.69, 9.17) is 9.84 Å². The van der Waals surface area contributed by atoms with Gasteiger partial charge in [-0.25, -0.2) is 4.79 Å². The van der Waals surface area contributed by atoms with Crippen molar-refractivity contribution in [1.82, 2.24) is 0 Å². The van der Waals surface area contributed by atoms with Crippen molar-refractivity contribution in [3.05, 3.63) is 58.6 Å². The average Bonchev–Trinajstić information content (AvgIpc) is 2.47. The smallest absolute Gasteiger partial charge is 0.335 e. The van der Waals surface area contributed by atoms with Gasteiger partial charge < -0.3 is 15.2 Å². The molecular weight excluding hydrogens is 338 g/mol. The van der Waals surface area contributed by atoms with Crippen LogP contribution in [-0.4, -0.2) is 23.6 Å². The van der Waals surface area contributed by atoms with Gasteiger partial charge in [0, 0.05) is 10.2 Å². The van der Waals surface area contributed by atoms with E-state index in [-0.39, 0.29) is 18.1 Å². The van der Waals surface area contributed by atoms with Gasteiger partial charge in [0.25, 0.3) is 5.91 Å². The van der Waals surface area contributed by atoms with Crippen molar-refractivity contribution in [1.29, 1.82) is 0 Å². The van der Waals surface area contributed by atoms with E-state index in [0.717, 1.165) is 4.47 Å². The van der Waals surface area contributed by atoms with Crippen LogP contribution in [0.4, 0.5) is 5.69 Å². The molecule has 2 aromatic carbocycles. The summed E-state index contributed by atoms with van der Waals surface area (Å²) < 4.78 is 6.24. The van der Waals surface area contributed by atoms with Gasteiger partial charge in [-0.15, -0.1) is 0 Å². The number of hydrogen-bond donors (Lipinski definition) is 2. The molecule has 0 heterocycles. The Morgan fingerprint density at radius 3 is 2.52 bits per heavy atom. The molecule has 0 aromatic heterocycles. The number of amides is 1. The lowest BCUT2D eigenvalue weighted by atomic mass is 10.2. The minimum atomic E-state index is -1.04. The number of carboxylic acids is 1. The molecule has 0 radical (unpaired) electrons. The molecule has 5 nitrogen and oxygen atoms in total. The minimum Gasteiger partial charge on any atom is -0.484 e. The Bertz CT molecular complexity index is 655. The first-order valence-electron chi connectivity index (χ1n) is 6.06. The molecule has 21 heavy (non-hydrogen) atoms. The van der Waals surface area contributed by atoms with E-state index in [1.165, 1.54) is 12.1 Å². The zero-order valence-corrected chi connectivity index (χ0v) is 12.5. The Hall–Kier alpha value is -2.34. The highest BCUT2D eigenvalue weighted by molar-refractivity contribution is 9.10. The van der Waals surface area contributed by atoms with Crippen molar-refractivity contribution < 1.29 is 19.4 Å². The van der Waals surface area contributed by atoms with E-state index in [2.05, 4.69) is 21.2 Å². The van der Waals surface area contributed by atoms with Crippen LogP contribution in [0, 0.1) is 0 Å². The summed E-state index contributed by atoms with van der Waals surface area (Å²) in [6.45, 7) is -0.154. The number of hydrogen-bond acceptors (Lipinski definition) is 3. The first-order chi connectivity index (χ1) is 10.0. The monoisotopic (exact) mass is 349 g/mol. The van der Waals surface area contributed by atoms with Gasteiger partial charge in [-0.3, -0.25) is 4.79 Å². The minimum absolute atomic E-state index is 0.113. The topological polar surface area (TPSA) is 75.6 Å². The van der Waals surface area contributed by atoms with E-state index in [0.29, 0.717) is 11.4 Å². The Morgan fingerprint density at radius 1 is 1.14 bits per heavy atom. The lowest BCUT2D eigenvalue weighted by Crippen LogP contribution is -2.20. The number of benzene rings is 2. The highest BCUT2D eigenvalue weighted by Gasteiger charge is 2.07. The third-order valence-corrected chi connectivity index (χ3v) is 3.11. The van der Waals surface area contributed by atoms with Crippen LogP contribution in [0.25, 0.3) is 0 Å². The summed E-state index contributed by atoms with van der Waals surface area (Å²) in [6, 6.07) is 13.1. The van der Waals surface area contributed by atoms with Gasteiger partial charge in [0.1, 0.15) is 5.75 Å². The molecule has 2 aromatic rings. The predicted octanol–water partition coefficient (Wildman–Crippen LogP) is 3.16. The summed E-state index contributed by atoms with van der Waals surface area (Å²) in [5, 5.41) is 11.5. The number of ether oxygens (including phenoxy) is 1. The van der Waals surface area contributed by atoms with Crippen molar-refractivity contribution in [2.75, 3.05) is 11.9 Å². The van der Waals surface area contributed by atoms with E-state index in [9.17, 15) is 9.59 Å². The quantitative estimate of drug-likeness (QED) is 0.869. The molecule has 0 unspecified atom stereocenters. The first kappa shape index (κ1) is 15.1. The maximum Gasteiger partial charge on any atom is 0.335 e. The largest absolute Gasteiger partial charge is 0.484 e. The van der Waals surface area contributed by atoms with Gasteiger partial charge in [-0.05, 0) is 42.5 Å². The van der Waals surface area contributed by atoms with Gasteiger partial charge in [-0.1, -0.05) is 22.0 Å². The van der Waals surface area contributed by atoms with Crippen LogP contribution in [0.1, 0.15) is 10.4 Å². The van der Waals surface area contributed by atoms with Crippen molar-refractivity contribution in [2.24, 2.45) is 0 Å². The summed E-state index contributed by atoms with van der Waals surface area (Å²) >= 11 is 3.31. The van der Waals surface area contributed by atoms with Gasteiger partial charge in [0.05, 0.1) is 5.56 Å². The molecule has 0 saturated heterocycles. The highest BCUT2D eigenvalue weighted by Crippen LogP contribution is 2.16. The molecule has 0 aliphatic heterocycles. The first-order valence-corrected chi connectivity index (χ1v) is 6.85. The fraction of sp³-hybridized carbons (Fsp3) is 0.0667. The summed E-state index contributed by atoms with van der Waals surface area (Å²) in [5.74, 6) is -0.828. The molecule has 0 atom stereocenters. The molecule has 0 saturated carbocycles. The second-order valence-electron chi connectivity index (χ2n) is 4.18. The number of rotatable bonds is 5. The van der Waals surface area contributed by atoms with Crippen LogP contribution in [0.15, 0.2) is 53.0 Å². The van der Waals surface area contributed by atoms with Gasteiger partial charge >= 0.3 is 5.97 Å². The highest BCUT2D eigenvalue weighted by atomic mass is 79.9. The summed E-state index contributed by atoms with van der Waals surface area (Å²) in [5.41, 5.74) is 0.529. The number of aromatic carboxylic acids is 1. The SMILES string of the molecule is O=C(COc1ccc(Br)cc1)Nc1cccc(C(=O)O)c1. The third kappa shape index (κ3) is 4.61. The number of halogens is 1. The van der Waals surface area contributed by atoms with Crippen LogP contribution in [0.2, 0.25) is 0 Å². The zero-order valence-electron chi connectivity index (χ0n) is 10.9. The molecule has 1 amide bonds. The van der Waals surface area contributed by atoms with Crippen LogP contribution in [-0.2, 0) is 4.79 Å². The third-order valence-electron chi connectivity index (χ3n) is 2.58. The second-order valence-corrected chi connectivity index (χ2v) is 5.09. The average molecular weight is 350 g/mol. The van der Waals surface area contributed by atoms with Crippen molar-refractivity contribution >= 4 is 33.5 Å². The van der Waals surface area contributed by atoms with E-state index in [1.54, 1.807) is 24.3 Å². The summed E-state index contributed by atoms with van der Waals surface area (Å²) in [6.07, 6.45) is 0. The molecule has 0 fully saturated rings. The molecule has 0 bridgehead atoms. The van der Waals surface area contributed by atoms with Crippen molar-refractivity contribution in [2.45, 2.75) is 0 Å². The van der Waals surface area contributed by atoms with Crippen LogP contribution >= 0.6 is 15.9 Å². The Morgan fingerprint density at radius 2 is 1.86 bits per heavy atom. The van der Waals surface area contributed by atoms with Crippen LogP contribution in [0.5, 0.6) is 5.75 Å². The summed E-state index contributed by atoms with van der Waals surface area (Å²) in [4.78, 5) is 22.6. The maximum atomic E-state index is 11.7. The molecular formula is C15H12BrNO4. The number of carbonyl (C=O) groups is 2. The molecule has 108 valence electrons. The normalized spacial score (nSPS) is 9.95. The lowest BCUT2D eigenvalue weighted by molar-refractivity contribution is -0.118. The fourth-order valence-electron chi connectivity index (χ4n) is 1.61. The standard InChI is InChI=1S/C15H12BrNO4/c16-11-4-6-13(7-5-11)21-9-14(18)17-12-3-1-2-10(8-12)15(19)20/h1-8H,9H2,(H,17,18)(H,19,20). The Balaban J connectivity index is 1.91. The maximum absolute atomic E-state index is 11.7. The fourth-order valence-corrected chi connectivity index (χ4v) is 1.87. The molecule has 0 aliphatic rings. The van der Waals surface area contributed by atoms with Crippen molar-refractivity contribution in [3.63, 3.8) is 0 Å². The number of nitrogens with one attached hydrogen (secondary N) is 1. The van der Waals surface area contributed by atoms with Crippen LogP contribution < -0.4 is 10.1 Å². The molecule has 2 N–H and O–H groups in total. The van der Waals surface area contributed by atoms with E-state index in [1.807, 2.05) is 12.1 Å². The second kappa shape index (κ2) is 6.90. The van der Waals surface area contributed by atoms with E-state index >= 15 is 0 Å². The summed E-state index contributed by atoms with van der Waals surface area (Å²) in [7, 11) is 0.